The zero-order chi connectivity index (χ0) is 21.9. The summed E-state index contributed by atoms with van der Waals surface area (Å²) in [6.45, 7) is 3.67. The van der Waals surface area contributed by atoms with Gasteiger partial charge in [0.1, 0.15) is 12.3 Å². The van der Waals surface area contributed by atoms with E-state index >= 15 is 0 Å². The van der Waals surface area contributed by atoms with Crippen LogP contribution < -0.4 is 15.4 Å². The number of pyridine rings is 1. The Morgan fingerprint density at radius 3 is 2.83 bits per heavy atom. The summed E-state index contributed by atoms with van der Waals surface area (Å²) >= 11 is 0. The molecule has 0 aliphatic carbocycles. The van der Waals surface area contributed by atoms with Gasteiger partial charge in [0.25, 0.3) is 0 Å². The predicted octanol–water partition coefficient (Wildman–Crippen LogP) is 1.93. The molecule has 0 radical (unpaired) electrons. The Morgan fingerprint density at radius 1 is 1.37 bits per heavy atom. The molecule has 3 heterocycles. The second kappa shape index (κ2) is 8.60. The second-order valence-corrected chi connectivity index (χ2v) is 7.49. The molecular weight excluding hydrogens is 403 g/mol. The number of nitrogens with zero attached hydrogens (tertiary/aromatic N) is 3. The lowest BCUT2D eigenvalue weighted by Crippen LogP contribution is -2.61. The number of piperazine rings is 1. The Morgan fingerprint density at radius 2 is 2.13 bits per heavy atom. The van der Waals surface area contributed by atoms with Crippen molar-refractivity contribution in [3.8, 4) is 17.1 Å². The SMILES string of the molecule is COc1cncc(-c2cnc(C(C)(C)N3CCN[C@H](C(=O)NCC(F)(F)F)C3)o2)c1. The van der Waals surface area contributed by atoms with E-state index in [1.807, 2.05) is 24.1 Å². The van der Waals surface area contributed by atoms with E-state index in [4.69, 9.17) is 9.15 Å². The first kappa shape index (κ1) is 22.0. The van der Waals surface area contributed by atoms with Gasteiger partial charge >= 0.3 is 6.18 Å². The highest BCUT2D eigenvalue weighted by Crippen LogP contribution is 2.32. The fourth-order valence-electron chi connectivity index (χ4n) is 3.23. The lowest BCUT2D eigenvalue weighted by Gasteiger charge is -2.41. The van der Waals surface area contributed by atoms with Crippen molar-refractivity contribution in [3.63, 3.8) is 0 Å². The number of hydrogen-bond acceptors (Lipinski definition) is 7. The molecule has 8 nitrogen and oxygen atoms in total. The molecule has 1 amide bonds. The lowest BCUT2D eigenvalue weighted by molar-refractivity contribution is -0.140. The van der Waals surface area contributed by atoms with Crippen LogP contribution in [0.2, 0.25) is 0 Å². The van der Waals surface area contributed by atoms with E-state index in [0.717, 1.165) is 0 Å². The summed E-state index contributed by atoms with van der Waals surface area (Å²) in [5, 5.41) is 4.89. The molecule has 11 heteroatoms. The highest BCUT2D eigenvalue weighted by Gasteiger charge is 2.39. The van der Waals surface area contributed by atoms with Gasteiger partial charge in [0.2, 0.25) is 11.8 Å². The molecule has 2 aromatic heterocycles. The average molecular weight is 427 g/mol. The molecule has 3 rings (SSSR count). The van der Waals surface area contributed by atoms with Crippen LogP contribution in [0.25, 0.3) is 11.3 Å². The third kappa shape index (κ3) is 5.08. The van der Waals surface area contributed by atoms with E-state index in [1.165, 1.54) is 0 Å². The quantitative estimate of drug-likeness (QED) is 0.728. The number of nitrogens with one attached hydrogen (secondary N) is 2. The van der Waals surface area contributed by atoms with E-state index in [2.05, 4.69) is 15.3 Å². The molecule has 0 spiro atoms. The number of oxazole rings is 1. The second-order valence-electron chi connectivity index (χ2n) is 7.49. The van der Waals surface area contributed by atoms with Crippen molar-refractivity contribution in [2.24, 2.45) is 0 Å². The molecule has 1 aliphatic heterocycles. The van der Waals surface area contributed by atoms with E-state index in [9.17, 15) is 18.0 Å². The minimum Gasteiger partial charge on any atom is -0.495 e. The summed E-state index contributed by atoms with van der Waals surface area (Å²) in [4.78, 5) is 22.6. The molecule has 1 aliphatic rings. The maximum absolute atomic E-state index is 12.4. The average Bonchev–Trinajstić information content (AvgIpc) is 3.23. The fourth-order valence-corrected chi connectivity index (χ4v) is 3.23. The molecule has 1 fully saturated rings. The minimum atomic E-state index is -4.45. The molecule has 0 unspecified atom stereocenters. The lowest BCUT2D eigenvalue weighted by atomic mass is 10.00. The molecule has 2 N–H and O–H groups in total. The van der Waals surface area contributed by atoms with Gasteiger partial charge in [0, 0.05) is 31.4 Å². The van der Waals surface area contributed by atoms with Gasteiger partial charge in [-0.05, 0) is 19.9 Å². The van der Waals surface area contributed by atoms with Crippen LogP contribution in [-0.2, 0) is 10.3 Å². The van der Waals surface area contributed by atoms with E-state index in [0.29, 0.717) is 36.1 Å². The van der Waals surface area contributed by atoms with Gasteiger partial charge in [-0.25, -0.2) is 4.98 Å². The van der Waals surface area contributed by atoms with Gasteiger partial charge < -0.3 is 19.8 Å². The Bertz CT molecular complexity index is 884. The van der Waals surface area contributed by atoms with Crippen LogP contribution in [0.15, 0.2) is 29.1 Å². The Kier molecular flexibility index (Phi) is 6.32. The van der Waals surface area contributed by atoms with Gasteiger partial charge in [-0.1, -0.05) is 0 Å². The van der Waals surface area contributed by atoms with Crippen molar-refractivity contribution in [2.45, 2.75) is 31.6 Å². The van der Waals surface area contributed by atoms with Crippen LogP contribution in [0, 0.1) is 0 Å². The molecular formula is C19H24F3N5O3. The smallest absolute Gasteiger partial charge is 0.405 e. The number of alkyl halides is 3. The van der Waals surface area contributed by atoms with Crippen LogP contribution in [-0.4, -0.2) is 66.3 Å². The van der Waals surface area contributed by atoms with E-state index < -0.39 is 30.2 Å². The van der Waals surface area contributed by atoms with Gasteiger partial charge in [-0.15, -0.1) is 0 Å². The molecule has 0 bridgehead atoms. The minimum absolute atomic E-state index is 0.217. The van der Waals surface area contributed by atoms with Crippen molar-refractivity contribution in [1.82, 2.24) is 25.5 Å². The first-order chi connectivity index (χ1) is 14.1. The Balaban J connectivity index is 1.72. The molecule has 0 saturated carbocycles. The van der Waals surface area contributed by atoms with Crippen molar-refractivity contribution in [3.05, 3.63) is 30.5 Å². The van der Waals surface area contributed by atoms with Crippen molar-refractivity contribution in [1.29, 1.82) is 0 Å². The van der Waals surface area contributed by atoms with E-state index in [1.54, 1.807) is 31.8 Å². The first-order valence-corrected chi connectivity index (χ1v) is 9.39. The third-order valence-electron chi connectivity index (χ3n) is 5.01. The molecule has 30 heavy (non-hydrogen) atoms. The summed E-state index contributed by atoms with van der Waals surface area (Å²) < 4.78 is 48.3. The van der Waals surface area contributed by atoms with Crippen LogP contribution in [0.3, 0.4) is 0 Å². The highest BCUT2D eigenvalue weighted by atomic mass is 19.4. The molecule has 1 atom stereocenters. The normalized spacial score (nSPS) is 18.3. The molecule has 2 aromatic rings. The molecule has 0 aromatic carbocycles. The first-order valence-electron chi connectivity index (χ1n) is 9.39. The summed E-state index contributed by atoms with van der Waals surface area (Å²) in [6, 6.07) is 1.01. The number of amides is 1. The third-order valence-corrected chi connectivity index (χ3v) is 5.01. The van der Waals surface area contributed by atoms with Gasteiger partial charge in [0.15, 0.2) is 5.76 Å². The molecule has 164 valence electrons. The summed E-state index contributed by atoms with van der Waals surface area (Å²) in [6.07, 6.45) is 0.344. The number of rotatable bonds is 6. The predicted molar refractivity (Wildman–Crippen MR) is 102 cm³/mol. The zero-order valence-electron chi connectivity index (χ0n) is 16.9. The van der Waals surface area contributed by atoms with Crippen LogP contribution in [0.1, 0.15) is 19.7 Å². The number of ether oxygens (including phenoxy) is 1. The number of methoxy groups -OCH3 is 1. The highest BCUT2D eigenvalue weighted by molar-refractivity contribution is 5.82. The van der Waals surface area contributed by atoms with Crippen LogP contribution >= 0.6 is 0 Å². The zero-order valence-corrected chi connectivity index (χ0v) is 16.9. The Hall–Kier alpha value is -2.66. The van der Waals surface area contributed by atoms with E-state index in [-0.39, 0.29) is 6.54 Å². The van der Waals surface area contributed by atoms with Crippen LogP contribution in [0.4, 0.5) is 13.2 Å². The maximum Gasteiger partial charge on any atom is 0.405 e. The largest absolute Gasteiger partial charge is 0.495 e. The Labute approximate surface area is 171 Å². The van der Waals surface area contributed by atoms with Crippen molar-refractivity contribution >= 4 is 5.91 Å². The number of carbonyl (C=O) groups is 1. The number of carbonyl (C=O) groups excluding carboxylic acids is 1. The number of hydrogen-bond donors (Lipinski definition) is 2. The number of halogens is 3. The van der Waals surface area contributed by atoms with Crippen molar-refractivity contribution < 1.29 is 27.1 Å². The fraction of sp³-hybridized carbons (Fsp3) is 0.526. The monoisotopic (exact) mass is 427 g/mol. The summed E-state index contributed by atoms with van der Waals surface area (Å²) in [5.74, 6) is 0.832. The van der Waals surface area contributed by atoms with Gasteiger partial charge in [-0.2, -0.15) is 13.2 Å². The van der Waals surface area contributed by atoms with Crippen LogP contribution in [0.5, 0.6) is 5.75 Å². The molecule has 1 saturated heterocycles. The van der Waals surface area contributed by atoms with Crippen molar-refractivity contribution in [2.75, 3.05) is 33.3 Å². The topological polar surface area (TPSA) is 92.5 Å². The maximum atomic E-state index is 12.4. The van der Waals surface area contributed by atoms with Gasteiger partial charge in [0.05, 0.1) is 31.1 Å². The van der Waals surface area contributed by atoms with Gasteiger partial charge in [-0.3, -0.25) is 14.7 Å². The summed E-state index contributed by atoms with van der Waals surface area (Å²) in [7, 11) is 1.54. The number of aromatic nitrogens is 2. The standard InChI is InChI=1S/C19H24F3N5O3/c1-18(2,17-25-9-15(30-17)12-6-13(29-3)8-23-7-12)27-5-4-24-14(10-27)16(28)26-11-19(20,21)22/h6-9,14,24H,4-5,10-11H2,1-3H3,(H,26,28)/t14-/m0/s1. The summed E-state index contributed by atoms with van der Waals surface area (Å²) in [5.41, 5.74) is 0.0171.